The largest absolute Gasteiger partial charge is 0.427 e. The van der Waals surface area contributed by atoms with Gasteiger partial charge in [0, 0.05) is 6.92 Å². The van der Waals surface area contributed by atoms with Crippen LogP contribution in [0.1, 0.15) is 38.3 Å². The molecule has 9 heteroatoms. The van der Waals surface area contributed by atoms with E-state index in [4.69, 9.17) is 4.74 Å². The fourth-order valence-corrected chi connectivity index (χ4v) is 3.93. The maximum atomic E-state index is 12.7. The van der Waals surface area contributed by atoms with Crippen molar-refractivity contribution < 1.29 is 22.7 Å². The monoisotopic (exact) mass is 445 g/mol. The molecule has 1 atom stereocenters. The molecule has 0 spiro atoms. The van der Waals surface area contributed by atoms with Gasteiger partial charge in [0.2, 0.25) is 10.0 Å². The molecule has 0 aromatic heterocycles. The molecule has 0 saturated heterocycles. The number of nitrogens with one attached hydrogen (secondary N) is 2. The lowest BCUT2D eigenvalue weighted by atomic mass is 10.0. The number of rotatable bonds is 9. The predicted octanol–water partition coefficient (Wildman–Crippen LogP) is 2.76. The van der Waals surface area contributed by atoms with Gasteiger partial charge in [0.15, 0.2) is 0 Å². The third-order valence-corrected chi connectivity index (χ3v) is 5.65. The highest BCUT2D eigenvalue weighted by Crippen LogP contribution is 2.14. The second-order valence-electron chi connectivity index (χ2n) is 7.52. The van der Waals surface area contributed by atoms with E-state index in [0.717, 1.165) is 5.56 Å². The summed E-state index contributed by atoms with van der Waals surface area (Å²) in [7, 11) is -3.87. The van der Waals surface area contributed by atoms with Gasteiger partial charge < -0.3 is 4.74 Å². The summed E-state index contributed by atoms with van der Waals surface area (Å²) in [4.78, 5) is 23.8. The van der Waals surface area contributed by atoms with Crippen LogP contribution in [-0.4, -0.2) is 32.6 Å². The summed E-state index contributed by atoms with van der Waals surface area (Å²) < 4.78 is 32.9. The van der Waals surface area contributed by atoms with Crippen LogP contribution in [0.15, 0.2) is 58.5 Å². The fraction of sp³-hybridized carbons (Fsp3) is 0.318. The van der Waals surface area contributed by atoms with Crippen molar-refractivity contribution >= 4 is 28.1 Å². The maximum Gasteiger partial charge on any atom is 0.308 e. The van der Waals surface area contributed by atoms with Crippen LogP contribution in [0.4, 0.5) is 0 Å². The van der Waals surface area contributed by atoms with Gasteiger partial charge in [-0.15, -0.1) is 0 Å². The number of hydrazone groups is 1. The number of hydrogen-bond donors (Lipinski definition) is 2. The van der Waals surface area contributed by atoms with Crippen molar-refractivity contribution in [1.29, 1.82) is 0 Å². The van der Waals surface area contributed by atoms with E-state index < -0.39 is 27.9 Å². The topological polar surface area (TPSA) is 114 Å². The van der Waals surface area contributed by atoms with E-state index in [2.05, 4.69) is 15.2 Å². The molecule has 2 aromatic carbocycles. The molecular formula is C22H27N3O5S. The Labute approximate surface area is 182 Å². The number of esters is 1. The second-order valence-corrected chi connectivity index (χ2v) is 9.23. The molecule has 8 nitrogen and oxygen atoms in total. The average Bonchev–Trinajstić information content (AvgIpc) is 2.67. The molecular weight excluding hydrogens is 418 g/mol. The minimum atomic E-state index is -3.87. The Kier molecular flexibility index (Phi) is 8.47. The number of sulfonamides is 1. The smallest absolute Gasteiger partial charge is 0.308 e. The van der Waals surface area contributed by atoms with Crippen LogP contribution in [0.3, 0.4) is 0 Å². The van der Waals surface area contributed by atoms with E-state index in [1.54, 1.807) is 36.4 Å². The van der Waals surface area contributed by atoms with Gasteiger partial charge in [-0.1, -0.05) is 43.7 Å². The van der Waals surface area contributed by atoms with Crippen molar-refractivity contribution in [2.45, 2.75) is 45.1 Å². The fourth-order valence-electron chi connectivity index (χ4n) is 2.73. The molecule has 0 saturated carbocycles. The van der Waals surface area contributed by atoms with Crippen LogP contribution in [-0.2, 0) is 19.6 Å². The molecule has 0 aliphatic heterocycles. The van der Waals surface area contributed by atoms with Crippen LogP contribution >= 0.6 is 0 Å². The molecule has 166 valence electrons. The molecule has 1 amide bonds. The van der Waals surface area contributed by atoms with Gasteiger partial charge in [-0.25, -0.2) is 13.8 Å². The highest BCUT2D eigenvalue weighted by molar-refractivity contribution is 7.89. The van der Waals surface area contributed by atoms with Crippen LogP contribution in [0, 0.1) is 12.8 Å². The summed E-state index contributed by atoms with van der Waals surface area (Å²) in [5.74, 6) is -0.594. The Bertz CT molecular complexity index is 1050. The molecule has 0 aliphatic rings. The number of benzene rings is 2. The second kappa shape index (κ2) is 10.8. The van der Waals surface area contributed by atoms with Crippen LogP contribution in [0.25, 0.3) is 0 Å². The standard InChI is InChI=1S/C22H27N3O5S/c1-15(2)12-21(25-31(28,29)20-10-8-16(3)9-11-20)22(27)24-23-14-18-6-5-7-19(13-18)30-17(4)26/h5-11,13-15,21,25H,12H2,1-4H3,(H,24,27)/b23-14-/t21-/m0/s1. The van der Waals surface area contributed by atoms with E-state index in [-0.39, 0.29) is 10.8 Å². The van der Waals surface area contributed by atoms with Crippen molar-refractivity contribution in [3.8, 4) is 5.75 Å². The average molecular weight is 446 g/mol. The summed E-state index contributed by atoms with van der Waals surface area (Å²) in [5, 5.41) is 3.90. The highest BCUT2D eigenvalue weighted by Gasteiger charge is 2.26. The number of nitrogens with zero attached hydrogens (tertiary/aromatic N) is 1. The molecule has 2 N–H and O–H groups in total. The summed E-state index contributed by atoms with van der Waals surface area (Å²) in [6, 6.07) is 12.0. The number of ether oxygens (including phenoxy) is 1. The Hall–Kier alpha value is -3.04. The lowest BCUT2D eigenvalue weighted by Gasteiger charge is -2.19. The maximum absolute atomic E-state index is 12.7. The van der Waals surface area contributed by atoms with E-state index in [1.807, 2.05) is 20.8 Å². The molecule has 2 rings (SSSR count). The summed E-state index contributed by atoms with van der Waals surface area (Å²) >= 11 is 0. The van der Waals surface area contributed by atoms with Crippen molar-refractivity contribution in [2.24, 2.45) is 11.0 Å². The Morgan fingerprint density at radius 2 is 1.81 bits per heavy atom. The number of amides is 1. The van der Waals surface area contributed by atoms with Crippen molar-refractivity contribution in [3.63, 3.8) is 0 Å². The van der Waals surface area contributed by atoms with E-state index >= 15 is 0 Å². The molecule has 2 aromatic rings. The zero-order valence-electron chi connectivity index (χ0n) is 18.0. The SMILES string of the molecule is CC(=O)Oc1cccc(/C=N\NC(=O)[C@H](CC(C)C)NS(=O)(=O)c2ccc(C)cc2)c1. The highest BCUT2D eigenvalue weighted by atomic mass is 32.2. The first kappa shape index (κ1) is 24.2. The first-order chi connectivity index (χ1) is 14.6. The first-order valence-corrected chi connectivity index (χ1v) is 11.3. The van der Waals surface area contributed by atoms with Gasteiger partial charge in [0.1, 0.15) is 11.8 Å². The summed E-state index contributed by atoms with van der Waals surface area (Å²) in [6.45, 7) is 6.95. The number of aryl methyl sites for hydroxylation is 1. The lowest BCUT2D eigenvalue weighted by Crippen LogP contribution is -2.46. The van der Waals surface area contributed by atoms with E-state index in [1.165, 1.54) is 25.3 Å². The minimum Gasteiger partial charge on any atom is -0.427 e. The van der Waals surface area contributed by atoms with Gasteiger partial charge in [-0.3, -0.25) is 9.59 Å². The van der Waals surface area contributed by atoms with Gasteiger partial charge in [-0.2, -0.15) is 9.82 Å². The lowest BCUT2D eigenvalue weighted by molar-refractivity contribution is -0.131. The molecule has 0 unspecified atom stereocenters. The third kappa shape index (κ3) is 7.95. The summed E-state index contributed by atoms with van der Waals surface area (Å²) in [6.07, 6.45) is 1.68. The molecule has 0 fully saturated rings. The Morgan fingerprint density at radius 1 is 1.13 bits per heavy atom. The first-order valence-electron chi connectivity index (χ1n) is 9.77. The van der Waals surface area contributed by atoms with Gasteiger partial charge >= 0.3 is 5.97 Å². The zero-order chi connectivity index (χ0) is 23.0. The quantitative estimate of drug-likeness (QED) is 0.267. The van der Waals surface area contributed by atoms with Crippen molar-refractivity contribution in [1.82, 2.24) is 10.1 Å². The minimum absolute atomic E-state index is 0.0702. The molecule has 0 radical (unpaired) electrons. The van der Waals surface area contributed by atoms with Crippen LogP contribution in [0.5, 0.6) is 5.75 Å². The zero-order valence-corrected chi connectivity index (χ0v) is 18.8. The van der Waals surface area contributed by atoms with Gasteiger partial charge in [0.05, 0.1) is 11.1 Å². The Balaban J connectivity index is 2.10. The van der Waals surface area contributed by atoms with Crippen LogP contribution < -0.4 is 14.9 Å². The van der Waals surface area contributed by atoms with Crippen molar-refractivity contribution in [3.05, 3.63) is 59.7 Å². The van der Waals surface area contributed by atoms with Gasteiger partial charge in [0.25, 0.3) is 5.91 Å². The Morgan fingerprint density at radius 3 is 2.42 bits per heavy atom. The van der Waals surface area contributed by atoms with E-state index in [0.29, 0.717) is 17.7 Å². The molecule has 31 heavy (non-hydrogen) atoms. The molecule has 0 aliphatic carbocycles. The summed E-state index contributed by atoms with van der Waals surface area (Å²) in [5.41, 5.74) is 3.91. The number of carbonyl (C=O) groups excluding carboxylic acids is 2. The molecule has 0 heterocycles. The van der Waals surface area contributed by atoms with Crippen molar-refractivity contribution in [2.75, 3.05) is 0 Å². The predicted molar refractivity (Wildman–Crippen MR) is 118 cm³/mol. The van der Waals surface area contributed by atoms with Crippen LogP contribution in [0.2, 0.25) is 0 Å². The number of hydrogen-bond acceptors (Lipinski definition) is 6. The normalized spacial score (nSPS) is 12.7. The van der Waals surface area contributed by atoms with Gasteiger partial charge in [-0.05, 0) is 49.1 Å². The molecule has 0 bridgehead atoms. The third-order valence-electron chi connectivity index (χ3n) is 4.16. The number of carbonyl (C=O) groups is 2. The van der Waals surface area contributed by atoms with E-state index in [9.17, 15) is 18.0 Å².